The molecule has 20 heavy (non-hydrogen) atoms. The number of hydrogen-bond donors (Lipinski definition) is 1. The van der Waals surface area contributed by atoms with Crippen molar-refractivity contribution in [2.45, 2.75) is 31.2 Å². The zero-order valence-corrected chi connectivity index (χ0v) is 12.8. The first-order valence-electron chi connectivity index (χ1n) is 6.96. The summed E-state index contributed by atoms with van der Waals surface area (Å²) < 4.78 is 0. The Morgan fingerprint density at radius 2 is 2.00 bits per heavy atom. The van der Waals surface area contributed by atoms with E-state index in [4.69, 9.17) is 0 Å². The van der Waals surface area contributed by atoms with Crippen LogP contribution in [0.4, 0.5) is 0 Å². The lowest BCUT2D eigenvalue weighted by molar-refractivity contribution is 0.0912. The molecule has 1 saturated carbocycles. The minimum Gasteiger partial charge on any atom is -0.346 e. The second-order valence-electron chi connectivity index (χ2n) is 5.45. The van der Waals surface area contributed by atoms with Crippen molar-refractivity contribution in [3.05, 3.63) is 42.1 Å². The summed E-state index contributed by atoms with van der Waals surface area (Å²) in [7, 11) is 0. The molecule has 0 unspecified atom stereocenters. The maximum atomic E-state index is 12.6. The van der Waals surface area contributed by atoms with Crippen molar-refractivity contribution in [3.63, 3.8) is 0 Å². The van der Waals surface area contributed by atoms with Crippen molar-refractivity contribution >= 4 is 32.7 Å². The van der Waals surface area contributed by atoms with E-state index in [9.17, 15) is 4.79 Å². The molecule has 0 spiro atoms. The summed E-state index contributed by atoms with van der Waals surface area (Å²) in [5.41, 5.74) is 1.49. The molecule has 4 heteroatoms. The fraction of sp³-hybridized carbons (Fsp3) is 0.375. The average Bonchev–Trinajstić information content (AvgIpc) is 2.95. The number of halogens is 1. The van der Waals surface area contributed by atoms with Gasteiger partial charge in [-0.2, -0.15) is 0 Å². The van der Waals surface area contributed by atoms with Gasteiger partial charge in [-0.1, -0.05) is 47.0 Å². The minimum absolute atomic E-state index is 0.00458. The predicted molar refractivity (Wildman–Crippen MR) is 84.2 cm³/mol. The summed E-state index contributed by atoms with van der Waals surface area (Å²) in [4.78, 5) is 16.9. The zero-order chi connectivity index (χ0) is 14.0. The Bertz CT molecular complexity index is 630. The van der Waals surface area contributed by atoms with E-state index in [2.05, 4.69) is 26.2 Å². The Hall–Kier alpha value is -1.42. The predicted octanol–water partition coefficient (Wildman–Crippen LogP) is 3.67. The molecule has 1 aliphatic carbocycles. The number of aromatic nitrogens is 1. The van der Waals surface area contributed by atoms with Gasteiger partial charge in [-0.3, -0.25) is 9.78 Å². The van der Waals surface area contributed by atoms with Gasteiger partial charge in [-0.25, -0.2) is 0 Å². The molecule has 0 bridgehead atoms. The average molecular weight is 333 g/mol. The molecule has 0 aliphatic heterocycles. The van der Waals surface area contributed by atoms with Gasteiger partial charge in [-0.05, 0) is 25.0 Å². The fourth-order valence-corrected chi connectivity index (χ4v) is 3.65. The lowest BCUT2D eigenvalue weighted by atomic mass is 9.99. The van der Waals surface area contributed by atoms with Gasteiger partial charge in [0.1, 0.15) is 0 Å². The number of para-hydroxylation sites is 1. The lowest BCUT2D eigenvalue weighted by Gasteiger charge is -2.28. The van der Waals surface area contributed by atoms with Crippen LogP contribution in [-0.2, 0) is 0 Å². The molecule has 3 nitrogen and oxygen atoms in total. The number of rotatable bonds is 3. The summed E-state index contributed by atoms with van der Waals surface area (Å²) in [6.45, 7) is 0. The highest BCUT2D eigenvalue weighted by molar-refractivity contribution is 9.09. The number of fused-ring (bicyclic) bond motifs is 1. The van der Waals surface area contributed by atoms with Crippen molar-refractivity contribution in [3.8, 4) is 0 Å². The molecule has 104 valence electrons. The number of nitrogens with zero attached hydrogens (tertiary/aromatic N) is 1. The first kappa shape index (κ1) is 13.6. The van der Waals surface area contributed by atoms with Crippen LogP contribution < -0.4 is 5.32 Å². The van der Waals surface area contributed by atoms with Crippen molar-refractivity contribution in [1.29, 1.82) is 0 Å². The van der Waals surface area contributed by atoms with Crippen LogP contribution >= 0.6 is 15.9 Å². The van der Waals surface area contributed by atoms with Crippen molar-refractivity contribution < 1.29 is 4.79 Å². The zero-order valence-electron chi connectivity index (χ0n) is 11.2. The highest BCUT2D eigenvalue weighted by atomic mass is 79.9. The second kappa shape index (κ2) is 5.52. The largest absolute Gasteiger partial charge is 0.346 e. The van der Waals surface area contributed by atoms with Gasteiger partial charge < -0.3 is 5.32 Å². The smallest absolute Gasteiger partial charge is 0.252 e. The van der Waals surface area contributed by atoms with Crippen LogP contribution in [0, 0.1) is 0 Å². The molecule has 3 rings (SSSR count). The monoisotopic (exact) mass is 332 g/mol. The SMILES string of the molecule is O=C(NC1(CBr)CCCC1)c1ccnc2ccccc12. The number of pyridine rings is 1. The third kappa shape index (κ3) is 2.44. The van der Waals surface area contributed by atoms with E-state index in [-0.39, 0.29) is 11.4 Å². The minimum atomic E-state index is -0.0819. The number of nitrogens with one attached hydrogen (secondary N) is 1. The van der Waals surface area contributed by atoms with E-state index >= 15 is 0 Å². The van der Waals surface area contributed by atoms with Crippen LogP contribution in [0.25, 0.3) is 10.9 Å². The van der Waals surface area contributed by atoms with Crippen LogP contribution in [0.1, 0.15) is 36.0 Å². The normalized spacial score (nSPS) is 17.2. The van der Waals surface area contributed by atoms with Crippen molar-refractivity contribution in [2.24, 2.45) is 0 Å². The van der Waals surface area contributed by atoms with E-state index in [1.54, 1.807) is 12.3 Å². The second-order valence-corrected chi connectivity index (χ2v) is 6.01. The maximum Gasteiger partial charge on any atom is 0.252 e. The maximum absolute atomic E-state index is 12.6. The molecule has 0 saturated heterocycles. The molecule has 0 atom stereocenters. The van der Waals surface area contributed by atoms with E-state index in [0.717, 1.165) is 29.1 Å². The van der Waals surface area contributed by atoms with Gasteiger partial charge in [0.2, 0.25) is 0 Å². The molecule has 1 aromatic carbocycles. The van der Waals surface area contributed by atoms with E-state index in [1.165, 1.54) is 12.8 Å². The summed E-state index contributed by atoms with van der Waals surface area (Å²) >= 11 is 3.56. The Labute approximate surface area is 126 Å². The number of amides is 1. The quantitative estimate of drug-likeness (QED) is 0.871. The van der Waals surface area contributed by atoms with Crippen molar-refractivity contribution in [2.75, 3.05) is 5.33 Å². The van der Waals surface area contributed by atoms with Crippen molar-refractivity contribution in [1.82, 2.24) is 10.3 Å². The van der Waals surface area contributed by atoms with Gasteiger partial charge >= 0.3 is 0 Å². The lowest BCUT2D eigenvalue weighted by Crippen LogP contribution is -2.47. The summed E-state index contributed by atoms with van der Waals surface area (Å²) in [5, 5.41) is 4.96. The molecular weight excluding hydrogens is 316 g/mol. The summed E-state index contributed by atoms with van der Waals surface area (Å²) in [5.74, 6) is 0.00458. The number of alkyl halides is 1. The highest BCUT2D eigenvalue weighted by Gasteiger charge is 2.34. The van der Waals surface area contributed by atoms with E-state index in [1.807, 2.05) is 24.3 Å². The Kier molecular flexibility index (Phi) is 3.74. The summed E-state index contributed by atoms with van der Waals surface area (Å²) in [6, 6.07) is 9.56. The molecule has 1 N–H and O–H groups in total. The molecule has 1 aliphatic rings. The number of hydrogen-bond acceptors (Lipinski definition) is 2. The van der Waals surface area contributed by atoms with Crippen LogP contribution in [0.2, 0.25) is 0 Å². The molecule has 1 fully saturated rings. The molecule has 0 radical (unpaired) electrons. The Morgan fingerprint density at radius 1 is 1.25 bits per heavy atom. The van der Waals surface area contributed by atoms with Gasteiger partial charge in [0.25, 0.3) is 5.91 Å². The number of benzene rings is 1. The van der Waals surface area contributed by atoms with Gasteiger partial charge in [0.15, 0.2) is 0 Å². The van der Waals surface area contributed by atoms with Gasteiger partial charge in [-0.15, -0.1) is 0 Å². The molecule has 1 amide bonds. The molecule has 1 heterocycles. The number of carbonyl (C=O) groups is 1. The summed E-state index contributed by atoms with van der Waals surface area (Å²) in [6.07, 6.45) is 6.17. The van der Waals surface area contributed by atoms with Gasteiger partial charge in [0, 0.05) is 16.9 Å². The van der Waals surface area contributed by atoms with Crippen LogP contribution in [0.15, 0.2) is 36.5 Å². The molecular formula is C16H17BrN2O. The van der Waals surface area contributed by atoms with Crippen LogP contribution in [-0.4, -0.2) is 21.8 Å². The van der Waals surface area contributed by atoms with Crippen LogP contribution in [0.3, 0.4) is 0 Å². The highest BCUT2D eigenvalue weighted by Crippen LogP contribution is 2.31. The first-order valence-corrected chi connectivity index (χ1v) is 8.08. The fourth-order valence-electron chi connectivity index (χ4n) is 2.95. The standard InChI is InChI=1S/C16H17BrN2O/c17-11-16(8-3-4-9-16)19-15(20)13-7-10-18-14-6-2-1-5-12(13)14/h1-2,5-7,10H,3-4,8-9,11H2,(H,19,20). The van der Waals surface area contributed by atoms with Crippen LogP contribution in [0.5, 0.6) is 0 Å². The molecule has 2 aromatic rings. The Morgan fingerprint density at radius 3 is 2.75 bits per heavy atom. The van der Waals surface area contributed by atoms with Gasteiger partial charge in [0.05, 0.1) is 16.6 Å². The van der Waals surface area contributed by atoms with E-state index in [0.29, 0.717) is 5.56 Å². The van der Waals surface area contributed by atoms with E-state index < -0.39 is 0 Å². The Balaban J connectivity index is 1.93. The third-order valence-electron chi connectivity index (χ3n) is 4.09. The topological polar surface area (TPSA) is 42.0 Å². The number of carbonyl (C=O) groups excluding carboxylic acids is 1. The first-order chi connectivity index (χ1) is 9.74. The molecule has 1 aromatic heterocycles. The third-order valence-corrected chi connectivity index (χ3v) is 5.16.